The van der Waals surface area contributed by atoms with Crippen LogP contribution in [0.3, 0.4) is 0 Å². The Labute approximate surface area is 153 Å². The number of ether oxygens (including phenoxy) is 1. The average Bonchev–Trinajstić information content (AvgIpc) is 2.61. The van der Waals surface area contributed by atoms with Crippen LogP contribution in [0.5, 0.6) is 0 Å². The highest BCUT2D eigenvalue weighted by Crippen LogP contribution is 2.31. The summed E-state index contributed by atoms with van der Waals surface area (Å²) < 4.78 is 6.12. The molecule has 0 aliphatic carbocycles. The second-order valence-corrected chi connectivity index (χ2v) is 6.53. The van der Waals surface area contributed by atoms with Crippen molar-refractivity contribution in [2.75, 3.05) is 43.6 Å². The molecule has 2 rings (SSSR count). The standard InChI is InChI=1S/C22H32N2O/c1-7-24(8-2)20-14-15-21(17(4)16-20)22(25-9-3)18-10-12-19(13-11-18)23(5)6/h10-16,22H,7-9H2,1-6H3. The van der Waals surface area contributed by atoms with Crippen LogP contribution >= 0.6 is 0 Å². The molecule has 0 saturated heterocycles. The van der Waals surface area contributed by atoms with Crippen LogP contribution in [0.2, 0.25) is 0 Å². The van der Waals surface area contributed by atoms with Crippen molar-refractivity contribution < 1.29 is 4.74 Å². The molecule has 0 bridgehead atoms. The summed E-state index contributed by atoms with van der Waals surface area (Å²) in [5.41, 5.74) is 6.21. The summed E-state index contributed by atoms with van der Waals surface area (Å²) in [7, 11) is 4.12. The van der Waals surface area contributed by atoms with Crippen LogP contribution in [0.25, 0.3) is 0 Å². The highest BCUT2D eigenvalue weighted by molar-refractivity contribution is 5.53. The zero-order valence-corrected chi connectivity index (χ0v) is 16.5. The van der Waals surface area contributed by atoms with Gasteiger partial charge in [-0.25, -0.2) is 0 Å². The molecule has 3 heteroatoms. The first-order valence-corrected chi connectivity index (χ1v) is 9.26. The smallest absolute Gasteiger partial charge is 0.108 e. The van der Waals surface area contributed by atoms with Gasteiger partial charge < -0.3 is 14.5 Å². The number of rotatable bonds is 8. The van der Waals surface area contributed by atoms with Gasteiger partial charge in [-0.1, -0.05) is 18.2 Å². The Kier molecular flexibility index (Phi) is 6.89. The summed E-state index contributed by atoms with van der Waals surface area (Å²) in [5.74, 6) is 0. The van der Waals surface area contributed by atoms with E-state index in [9.17, 15) is 0 Å². The third-order valence-electron chi connectivity index (χ3n) is 4.71. The van der Waals surface area contributed by atoms with Crippen molar-refractivity contribution in [3.8, 4) is 0 Å². The molecule has 0 spiro atoms. The van der Waals surface area contributed by atoms with Gasteiger partial charge in [0.05, 0.1) is 0 Å². The first kappa shape index (κ1) is 19.3. The Hall–Kier alpha value is -2.00. The molecule has 2 aromatic carbocycles. The van der Waals surface area contributed by atoms with Crippen LogP contribution in [0.4, 0.5) is 11.4 Å². The second-order valence-electron chi connectivity index (χ2n) is 6.53. The number of hydrogen-bond donors (Lipinski definition) is 0. The minimum Gasteiger partial charge on any atom is -0.378 e. The number of anilines is 2. The molecule has 0 fully saturated rings. The SMILES string of the molecule is CCOC(c1ccc(N(C)C)cc1)c1ccc(N(CC)CC)cc1C. The fourth-order valence-electron chi connectivity index (χ4n) is 3.22. The second kappa shape index (κ2) is 8.91. The summed E-state index contributed by atoms with van der Waals surface area (Å²) in [4.78, 5) is 4.49. The highest BCUT2D eigenvalue weighted by atomic mass is 16.5. The molecule has 0 radical (unpaired) electrons. The summed E-state index contributed by atoms with van der Waals surface area (Å²) in [6.45, 7) is 11.4. The summed E-state index contributed by atoms with van der Waals surface area (Å²) in [6.07, 6.45) is -0.0213. The maximum absolute atomic E-state index is 6.12. The predicted octanol–water partition coefficient (Wildman–Crippen LogP) is 5.03. The molecule has 136 valence electrons. The lowest BCUT2D eigenvalue weighted by Crippen LogP contribution is -2.22. The quantitative estimate of drug-likeness (QED) is 0.670. The molecule has 25 heavy (non-hydrogen) atoms. The monoisotopic (exact) mass is 340 g/mol. The van der Waals surface area contributed by atoms with Gasteiger partial charge in [0.1, 0.15) is 6.10 Å². The van der Waals surface area contributed by atoms with Gasteiger partial charge >= 0.3 is 0 Å². The predicted molar refractivity (Wildman–Crippen MR) is 109 cm³/mol. The molecule has 2 aromatic rings. The van der Waals surface area contributed by atoms with Gasteiger partial charge in [0.2, 0.25) is 0 Å². The van der Waals surface area contributed by atoms with Crippen molar-refractivity contribution in [3.05, 3.63) is 59.2 Å². The molecule has 0 aliphatic heterocycles. The van der Waals surface area contributed by atoms with Crippen molar-refractivity contribution >= 4 is 11.4 Å². The number of benzene rings is 2. The molecule has 0 N–H and O–H groups in total. The Balaban J connectivity index is 2.36. The van der Waals surface area contributed by atoms with Gasteiger partial charge in [0.25, 0.3) is 0 Å². The van der Waals surface area contributed by atoms with E-state index in [4.69, 9.17) is 4.74 Å². The van der Waals surface area contributed by atoms with Crippen molar-refractivity contribution in [2.24, 2.45) is 0 Å². The van der Waals surface area contributed by atoms with Crippen LogP contribution in [0.15, 0.2) is 42.5 Å². The summed E-state index contributed by atoms with van der Waals surface area (Å²) in [5, 5.41) is 0. The van der Waals surface area contributed by atoms with Gasteiger partial charge in [0, 0.05) is 45.2 Å². The maximum atomic E-state index is 6.12. The largest absolute Gasteiger partial charge is 0.378 e. The normalized spacial score (nSPS) is 12.1. The molecule has 0 amide bonds. The van der Waals surface area contributed by atoms with Gasteiger partial charge in [-0.05, 0) is 68.7 Å². The van der Waals surface area contributed by atoms with Crippen molar-refractivity contribution in [3.63, 3.8) is 0 Å². The van der Waals surface area contributed by atoms with Gasteiger partial charge in [-0.3, -0.25) is 0 Å². The molecule has 0 saturated carbocycles. The Morgan fingerprint density at radius 3 is 1.96 bits per heavy atom. The summed E-state index contributed by atoms with van der Waals surface area (Å²) in [6, 6.07) is 15.4. The zero-order valence-electron chi connectivity index (χ0n) is 16.5. The van der Waals surface area contributed by atoms with Gasteiger partial charge in [-0.15, -0.1) is 0 Å². The minimum absolute atomic E-state index is 0.0213. The fraction of sp³-hybridized carbons (Fsp3) is 0.455. The number of nitrogens with zero attached hydrogens (tertiary/aromatic N) is 2. The van der Waals surface area contributed by atoms with E-state index in [0.29, 0.717) is 6.61 Å². The van der Waals surface area contributed by atoms with Gasteiger partial charge in [-0.2, -0.15) is 0 Å². The first-order chi connectivity index (χ1) is 12.0. The fourth-order valence-corrected chi connectivity index (χ4v) is 3.22. The molecule has 0 heterocycles. The maximum Gasteiger partial charge on any atom is 0.108 e. The van der Waals surface area contributed by atoms with E-state index in [1.54, 1.807) is 0 Å². The number of aryl methyl sites for hydroxylation is 1. The lowest BCUT2D eigenvalue weighted by molar-refractivity contribution is 0.0909. The number of hydrogen-bond acceptors (Lipinski definition) is 3. The Morgan fingerprint density at radius 1 is 0.880 bits per heavy atom. The Morgan fingerprint density at radius 2 is 1.48 bits per heavy atom. The average molecular weight is 341 g/mol. The topological polar surface area (TPSA) is 15.7 Å². The molecular weight excluding hydrogens is 308 g/mol. The van der Waals surface area contributed by atoms with Crippen molar-refractivity contribution in [2.45, 2.75) is 33.8 Å². The van der Waals surface area contributed by atoms with E-state index in [1.165, 1.54) is 28.1 Å². The van der Waals surface area contributed by atoms with E-state index in [2.05, 4.69) is 94.1 Å². The van der Waals surface area contributed by atoms with E-state index in [0.717, 1.165) is 13.1 Å². The molecular formula is C22H32N2O. The zero-order chi connectivity index (χ0) is 18.4. The van der Waals surface area contributed by atoms with E-state index in [-0.39, 0.29) is 6.10 Å². The molecule has 0 aromatic heterocycles. The molecule has 1 atom stereocenters. The lowest BCUT2D eigenvalue weighted by Gasteiger charge is -2.25. The van der Waals surface area contributed by atoms with Crippen LogP contribution in [0.1, 0.15) is 43.6 Å². The van der Waals surface area contributed by atoms with Crippen LogP contribution in [0, 0.1) is 6.92 Å². The van der Waals surface area contributed by atoms with Crippen LogP contribution in [-0.4, -0.2) is 33.8 Å². The molecule has 0 aliphatic rings. The Bertz CT molecular complexity index is 660. The van der Waals surface area contributed by atoms with E-state index in [1.807, 2.05) is 0 Å². The third kappa shape index (κ3) is 4.55. The van der Waals surface area contributed by atoms with E-state index < -0.39 is 0 Å². The third-order valence-corrected chi connectivity index (χ3v) is 4.71. The summed E-state index contributed by atoms with van der Waals surface area (Å²) >= 11 is 0. The van der Waals surface area contributed by atoms with Crippen LogP contribution < -0.4 is 9.80 Å². The highest BCUT2D eigenvalue weighted by Gasteiger charge is 2.17. The van der Waals surface area contributed by atoms with E-state index >= 15 is 0 Å². The first-order valence-electron chi connectivity index (χ1n) is 9.26. The molecule has 1 unspecified atom stereocenters. The lowest BCUT2D eigenvalue weighted by atomic mass is 9.96. The van der Waals surface area contributed by atoms with Gasteiger partial charge in [0.15, 0.2) is 0 Å². The van der Waals surface area contributed by atoms with Crippen molar-refractivity contribution in [1.29, 1.82) is 0 Å². The molecule has 3 nitrogen and oxygen atoms in total. The minimum atomic E-state index is -0.0213. The van der Waals surface area contributed by atoms with Crippen LogP contribution in [-0.2, 0) is 4.74 Å². The van der Waals surface area contributed by atoms with Crippen molar-refractivity contribution in [1.82, 2.24) is 0 Å².